The highest BCUT2D eigenvalue weighted by molar-refractivity contribution is 5.88. The molecule has 3 rings (SSSR count). The highest BCUT2D eigenvalue weighted by Gasteiger charge is 2.13. The molecule has 0 heterocycles. The molecule has 3 aromatic rings. The summed E-state index contributed by atoms with van der Waals surface area (Å²) in [6, 6.07) is 21.9. The number of nitrogens with one attached hydrogen (secondary N) is 1. The Balaban J connectivity index is 1.41. The van der Waals surface area contributed by atoms with Crippen molar-refractivity contribution in [3.05, 3.63) is 72.3 Å². The number of carbonyl (C=O) groups is 1. The van der Waals surface area contributed by atoms with Crippen LogP contribution in [0.4, 0.5) is 0 Å². The van der Waals surface area contributed by atoms with Gasteiger partial charge in [-0.1, -0.05) is 69.3 Å². The van der Waals surface area contributed by atoms with E-state index in [-0.39, 0.29) is 17.9 Å². The van der Waals surface area contributed by atoms with Crippen molar-refractivity contribution in [3.63, 3.8) is 0 Å². The third-order valence-electron chi connectivity index (χ3n) is 4.52. The molecule has 4 nitrogen and oxygen atoms in total. The summed E-state index contributed by atoms with van der Waals surface area (Å²) >= 11 is 0. The number of fused-ring (bicyclic) bond motifs is 1. The lowest BCUT2D eigenvalue weighted by molar-refractivity contribution is -0.123. The van der Waals surface area contributed by atoms with Crippen LogP contribution in [0.3, 0.4) is 0 Å². The van der Waals surface area contributed by atoms with Crippen molar-refractivity contribution in [2.75, 3.05) is 19.8 Å². The molecule has 0 saturated heterocycles. The Kier molecular flexibility index (Phi) is 6.19. The molecule has 0 aliphatic heterocycles. The highest BCUT2D eigenvalue weighted by atomic mass is 16.5. The first kappa shape index (κ1) is 19.7. The van der Waals surface area contributed by atoms with Gasteiger partial charge in [0.1, 0.15) is 18.1 Å². The zero-order valence-electron chi connectivity index (χ0n) is 16.7. The second-order valence-corrected chi connectivity index (χ2v) is 7.74. The van der Waals surface area contributed by atoms with Crippen molar-refractivity contribution >= 4 is 16.7 Å². The first-order valence-electron chi connectivity index (χ1n) is 9.54. The van der Waals surface area contributed by atoms with Gasteiger partial charge in [0.05, 0.1) is 6.54 Å². The quantitative estimate of drug-likeness (QED) is 0.607. The van der Waals surface area contributed by atoms with E-state index in [0.29, 0.717) is 18.9 Å². The third-order valence-corrected chi connectivity index (χ3v) is 4.52. The molecule has 0 atom stereocenters. The lowest BCUT2D eigenvalue weighted by Gasteiger charge is -2.19. The second-order valence-electron chi connectivity index (χ2n) is 7.74. The van der Waals surface area contributed by atoms with E-state index in [2.05, 4.69) is 38.2 Å². The van der Waals surface area contributed by atoms with Gasteiger partial charge in [-0.05, 0) is 34.6 Å². The number of amides is 1. The monoisotopic (exact) mass is 377 g/mol. The van der Waals surface area contributed by atoms with Crippen LogP contribution >= 0.6 is 0 Å². The zero-order valence-corrected chi connectivity index (χ0v) is 16.7. The maximum absolute atomic E-state index is 12.0. The molecular formula is C24H27NO3. The van der Waals surface area contributed by atoms with Crippen LogP contribution in [0.1, 0.15) is 26.3 Å². The Morgan fingerprint density at radius 2 is 1.61 bits per heavy atom. The van der Waals surface area contributed by atoms with Crippen LogP contribution in [0, 0.1) is 0 Å². The maximum atomic E-state index is 12.0. The minimum atomic E-state index is -0.167. The SMILES string of the molecule is CC(C)(C)c1ccc(OCCNC(=O)COc2cccc3ccccc23)cc1. The summed E-state index contributed by atoms with van der Waals surface area (Å²) in [5.41, 5.74) is 1.38. The fourth-order valence-electron chi connectivity index (χ4n) is 2.93. The van der Waals surface area contributed by atoms with Crippen LogP contribution in [-0.4, -0.2) is 25.7 Å². The van der Waals surface area contributed by atoms with E-state index in [9.17, 15) is 4.79 Å². The van der Waals surface area contributed by atoms with Crippen molar-refractivity contribution in [1.29, 1.82) is 0 Å². The van der Waals surface area contributed by atoms with Gasteiger partial charge in [0.15, 0.2) is 6.61 Å². The molecule has 1 amide bonds. The Morgan fingerprint density at radius 3 is 2.36 bits per heavy atom. The zero-order chi connectivity index (χ0) is 20.0. The van der Waals surface area contributed by atoms with E-state index >= 15 is 0 Å². The smallest absolute Gasteiger partial charge is 0.258 e. The van der Waals surface area contributed by atoms with Crippen molar-refractivity contribution in [1.82, 2.24) is 5.32 Å². The van der Waals surface area contributed by atoms with Gasteiger partial charge in [-0.15, -0.1) is 0 Å². The normalized spacial score (nSPS) is 11.2. The molecule has 0 bridgehead atoms. The molecule has 4 heteroatoms. The van der Waals surface area contributed by atoms with Crippen LogP contribution in [0.15, 0.2) is 66.7 Å². The molecule has 28 heavy (non-hydrogen) atoms. The Hall–Kier alpha value is -3.01. The summed E-state index contributed by atoms with van der Waals surface area (Å²) in [6.07, 6.45) is 0. The lowest BCUT2D eigenvalue weighted by Crippen LogP contribution is -2.32. The van der Waals surface area contributed by atoms with Gasteiger partial charge in [-0.25, -0.2) is 0 Å². The fourth-order valence-corrected chi connectivity index (χ4v) is 2.93. The minimum absolute atomic E-state index is 0.0196. The summed E-state index contributed by atoms with van der Waals surface area (Å²) in [5, 5.41) is 4.91. The van der Waals surface area contributed by atoms with E-state index in [1.165, 1.54) is 5.56 Å². The van der Waals surface area contributed by atoms with E-state index in [4.69, 9.17) is 9.47 Å². The van der Waals surface area contributed by atoms with Gasteiger partial charge < -0.3 is 14.8 Å². The molecule has 0 aliphatic rings. The number of benzene rings is 3. The van der Waals surface area contributed by atoms with Gasteiger partial charge in [-0.3, -0.25) is 4.79 Å². The molecule has 0 saturated carbocycles. The van der Waals surface area contributed by atoms with Crippen LogP contribution in [0.2, 0.25) is 0 Å². The molecule has 0 unspecified atom stereocenters. The standard InChI is InChI=1S/C24H27NO3/c1-24(2,3)19-11-13-20(14-12-19)27-16-15-25-23(26)17-28-22-10-6-8-18-7-4-5-9-21(18)22/h4-14H,15-17H2,1-3H3,(H,25,26). The third kappa shape index (κ3) is 5.26. The van der Waals surface area contributed by atoms with Gasteiger partial charge in [0, 0.05) is 5.39 Å². The summed E-state index contributed by atoms with van der Waals surface area (Å²) < 4.78 is 11.4. The molecule has 0 radical (unpaired) electrons. The van der Waals surface area contributed by atoms with Crippen molar-refractivity contribution in [3.8, 4) is 11.5 Å². The predicted octanol–water partition coefficient (Wildman–Crippen LogP) is 4.71. The first-order valence-corrected chi connectivity index (χ1v) is 9.54. The fraction of sp³-hybridized carbons (Fsp3) is 0.292. The average Bonchev–Trinajstić information content (AvgIpc) is 2.69. The maximum Gasteiger partial charge on any atom is 0.258 e. The summed E-state index contributed by atoms with van der Waals surface area (Å²) in [7, 11) is 0. The van der Waals surface area contributed by atoms with Gasteiger partial charge in [0.2, 0.25) is 0 Å². The number of ether oxygens (including phenoxy) is 2. The van der Waals surface area contributed by atoms with Crippen LogP contribution in [0.25, 0.3) is 10.8 Å². The Morgan fingerprint density at radius 1 is 0.893 bits per heavy atom. The van der Waals surface area contributed by atoms with Gasteiger partial charge in [0.25, 0.3) is 5.91 Å². The predicted molar refractivity (Wildman–Crippen MR) is 113 cm³/mol. The molecule has 0 fully saturated rings. The highest BCUT2D eigenvalue weighted by Crippen LogP contribution is 2.25. The Bertz CT molecular complexity index is 921. The second kappa shape index (κ2) is 8.79. The van der Waals surface area contributed by atoms with Crippen LogP contribution in [0.5, 0.6) is 11.5 Å². The first-order chi connectivity index (χ1) is 13.4. The van der Waals surface area contributed by atoms with Crippen molar-refractivity contribution in [2.24, 2.45) is 0 Å². The van der Waals surface area contributed by atoms with Crippen molar-refractivity contribution in [2.45, 2.75) is 26.2 Å². The number of hydrogen-bond donors (Lipinski definition) is 1. The molecular weight excluding hydrogens is 350 g/mol. The lowest BCUT2D eigenvalue weighted by atomic mass is 9.87. The van der Waals surface area contributed by atoms with Gasteiger partial charge >= 0.3 is 0 Å². The average molecular weight is 377 g/mol. The Labute approximate surface area is 166 Å². The molecule has 0 aromatic heterocycles. The molecule has 146 valence electrons. The number of carbonyl (C=O) groups excluding carboxylic acids is 1. The van der Waals surface area contributed by atoms with E-state index < -0.39 is 0 Å². The van der Waals surface area contributed by atoms with E-state index in [1.807, 2.05) is 54.6 Å². The van der Waals surface area contributed by atoms with E-state index in [1.54, 1.807) is 0 Å². The van der Waals surface area contributed by atoms with Crippen molar-refractivity contribution < 1.29 is 14.3 Å². The number of hydrogen-bond acceptors (Lipinski definition) is 3. The minimum Gasteiger partial charge on any atom is -0.492 e. The summed E-state index contributed by atoms with van der Waals surface area (Å²) in [5.74, 6) is 1.34. The largest absolute Gasteiger partial charge is 0.492 e. The molecule has 1 N–H and O–H groups in total. The molecule has 3 aromatic carbocycles. The number of rotatable bonds is 7. The van der Waals surface area contributed by atoms with Crippen LogP contribution < -0.4 is 14.8 Å². The molecule has 0 aliphatic carbocycles. The topological polar surface area (TPSA) is 47.6 Å². The van der Waals surface area contributed by atoms with Gasteiger partial charge in [-0.2, -0.15) is 0 Å². The van der Waals surface area contributed by atoms with Crippen LogP contribution in [-0.2, 0) is 10.2 Å². The molecule has 0 spiro atoms. The van der Waals surface area contributed by atoms with E-state index in [0.717, 1.165) is 16.5 Å². The summed E-state index contributed by atoms with van der Waals surface area (Å²) in [6.45, 7) is 7.36. The summed E-state index contributed by atoms with van der Waals surface area (Å²) in [4.78, 5) is 12.0.